The SMILES string of the molecule is COc1cccc(NC(=O)C(=O)N/N=C/c2ccc(OCC(=O)Nc3ccc(Br)cc3)c(OC)c2)c1. The molecule has 0 bridgehead atoms. The maximum atomic E-state index is 12.2. The molecule has 0 atom stereocenters. The Kier molecular flexibility index (Phi) is 9.40. The zero-order valence-electron chi connectivity index (χ0n) is 19.4. The Labute approximate surface area is 215 Å². The minimum absolute atomic E-state index is 0.224. The van der Waals surface area contributed by atoms with Crippen LogP contribution in [0.4, 0.5) is 11.4 Å². The number of nitrogens with one attached hydrogen (secondary N) is 3. The molecule has 0 aromatic heterocycles. The van der Waals surface area contributed by atoms with E-state index in [-0.39, 0.29) is 12.5 Å². The molecule has 0 spiro atoms. The number of anilines is 2. The van der Waals surface area contributed by atoms with Gasteiger partial charge in [-0.15, -0.1) is 0 Å². The predicted molar refractivity (Wildman–Crippen MR) is 139 cm³/mol. The summed E-state index contributed by atoms with van der Waals surface area (Å²) < 4.78 is 16.9. The van der Waals surface area contributed by atoms with Crippen molar-refractivity contribution < 1.29 is 28.6 Å². The number of nitrogens with zero attached hydrogens (tertiary/aromatic N) is 1. The Morgan fingerprint density at radius 2 is 1.64 bits per heavy atom. The Morgan fingerprint density at radius 3 is 2.36 bits per heavy atom. The highest BCUT2D eigenvalue weighted by molar-refractivity contribution is 9.10. The van der Waals surface area contributed by atoms with Gasteiger partial charge >= 0.3 is 11.8 Å². The standard InChI is InChI=1S/C25H23BrN4O6/c1-34-20-5-3-4-19(13-20)29-24(32)25(33)30-27-14-16-6-11-21(22(12-16)35-2)36-15-23(31)28-18-9-7-17(26)8-10-18/h3-14H,15H2,1-2H3,(H,28,31)(H,29,32)(H,30,33)/b27-14+. The van der Waals surface area contributed by atoms with E-state index in [2.05, 4.69) is 37.1 Å². The zero-order valence-corrected chi connectivity index (χ0v) is 21.0. The van der Waals surface area contributed by atoms with Gasteiger partial charge in [-0.2, -0.15) is 5.10 Å². The molecule has 0 fully saturated rings. The summed E-state index contributed by atoms with van der Waals surface area (Å²) in [6.07, 6.45) is 1.34. The van der Waals surface area contributed by atoms with E-state index in [4.69, 9.17) is 14.2 Å². The van der Waals surface area contributed by atoms with Gasteiger partial charge in [0.2, 0.25) is 0 Å². The number of halogens is 1. The molecule has 11 heteroatoms. The van der Waals surface area contributed by atoms with Crippen molar-refractivity contribution in [3.8, 4) is 17.2 Å². The smallest absolute Gasteiger partial charge is 0.329 e. The van der Waals surface area contributed by atoms with Gasteiger partial charge in [0.25, 0.3) is 5.91 Å². The lowest BCUT2D eigenvalue weighted by atomic mass is 10.2. The molecule has 3 amide bonds. The first-order valence-electron chi connectivity index (χ1n) is 10.5. The van der Waals surface area contributed by atoms with Crippen molar-refractivity contribution in [1.82, 2.24) is 5.43 Å². The molecule has 0 radical (unpaired) electrons. The summed E-state index contributed by atoms with van der Waals surface area (Å²) in [5, 5.41) is 8.98. The molecule has 0 aliphatic rings. The molecular weight excluding hydrogens is 532 g/mol. The third-order valence-electron chi connectivity index (χ3n) is 4.59. The van der Waals surface area contributed by atoms with Crippen LogP contribution in [0.1, 0.15) is 5.56 Å². The third-order valence-corrected chi connectivity index (χ3v) is 5.12. The van der Waals surface area contributed by atoms with Gasteiger partial charge in [-0.3, -0.25) is 14.4 Å². The lowest BCUT2D eigenvalue weighted by Crippen LogP contribution is -2.32. The minimum atomic E-state index is -0.947. The quantitative estimate of drug-likeness (QED) is 0.211. The van der Waals surface area contributed by atoms with E-state index in [1.807, 2.05) is 12.1 Å². The summed E-state index contributed by atoms with van der Waals surface area (Å²) in [6, 6.07) is 18.6. The number of carbonyl (C=O) groups excluding carboxylic acids is 3. The highest BCUT2D eigenvalue weighted by atomic mass is 79.9. The second kappa shape index (κ2) is 12.9. The van der Waals surface area contributed by atoms with Gasteiger partial charge in [0, 0.05) is 21.9 Å². The summed E-state index contributed by atoms with van der Waals surface area (Å²) >= 11 is 3.34. The summed E-state index contributed by atoms with van der Waals surface area (Å²) in [5.74, 6) is -0.918. The topological polar surface area (TPSA) is 127 Å². The lowest BCUT2D eigenvalue weighted by molar-refractivity contribution is -0.136. The first-order chi connectivity index (χ1) is 17.4. The van der Waals surface area contributed by atoms with Crippen LogP contribution in [0.3, 0.4) is 0 Å². The van der Waals surface area contributed by atoms with E-state index in [0.29, 0.717) is 34.2 Å². The Morgan fingerprint density at radius 1 is 0.861 bits per heavy atom. The number of carbonyl (C=O) groups is 3. The molecule has 3 rings (SSSR count). The van der Waals surface area contributed by atoms with E-state index < -0.39 is 11.8 Å². The molecule has 0 aliphatic heterocycles. The molecule has 36 heavy (non-hydrogen) atoms. The summed E-state index contributed by atoms with van der Waals surface area (Å²) in [7, 11) is 2.95. The van der Waals surface area contributed by atoms with Gasteiger partial charge < -0.3 is 24.8 Å². The van der Waals surface area contributed by atoms with Gasteiger partial charge in [-0.05, 0) is 60.2 Å². The highest BCUT2D eigenvalue weighted by Crippen LogP contribution is 2.27. The fourth-order valence-corrected chi connectivity index (χ4v) is 3.13. The number of hydrazone groups is 1. The maximum Gasteiger partial charge on any atom is 0.329 e. The number of methoxy groups -OCH3 is 2. The molecule has 0 saturated carbocycles. The summed E-state index contributed by atoms with van der Waals surface area (Å²) in [4.78, 5) is 36.2. The van der Waals surface area contributed by atoms with Crippen molar-refractivity contribution in [3.05, 3.63) is 76.8 Å². The second-order valence-corrected chi connectivity index (χ2v) is 8.05. The largest absolute Gasteiger partial charge is 0.497 e. The van der Waals surface area contributed by atoms with Crippen LogP contribution in [-0.2, 0) is 14.4 Å². The number of benzene rings is 3. The van der Waals surface area contributed by atoms with E-state index in [9.17, 15) is 14.4 Å². The number of ether oxygens (including phenoxy) is 3. The zero-order chi connectivity index (χ0) is 25.9. The third kappa shape index (κ3) is 7.84. The van der Waals surface area contributed by atoms with Crippen molar-refractivity contribution in [2.45, 2.75) is 0 Å². The molecular formula is C25H23BrN4O6. The van der Waals surface area contributed by atoms with Gasteiger partial charge in [0.05, 0.1) is 20.4 Å². The van der Waals surface area contributed by atoms with Crippen LogP contribution in [-0.4, -0.2) is 44.8 Å². The van der Waals surface area contributed by atoms with E-state index in [0.717, 1.165) is 4.47 Å². The Bertz CT molecular complexity index is 1260. The normalized spacial score (nSPS) is 10.4. The molecule has 3 aromatic rings. The average Bonchev–Trinajstić information content (AvgIpc) is 2.89. The Balaban J connectivity index is 1.52. The van der Waals surface area contributed by atoms with Gasteiger partial charge in [0.1, 0.15) is 5.75 Å². The number of rotatable bonds is 9. The van der Waals surface area contributed by atoms with Crippen molar-refractivity contribution in [1.29, 1.82) is 0 Å². The molecule has 10 nitrogen and oxygen atoms in total. The number of hydrogen-bond donors (Lipinski definition) is 3. The van der Waals surface area contributed by atoms with Crippen LogP contribution in [0.2, 0.25) is 0 Å². The van der Waals surface area contributed by atoms with Crippen LogP contribution >= 0.6 is 15.9 Å². The van der Waals surface area contributed by atoms with E-state index >= 15 is 0 Å². The van der Waals surface area contributed by atoms with Crippen LogP contribution < -0.4 is 30.3 Å². The second-order valence-electron chi connectivity index (χ2n) is 7.14. The highest BCUT2D eigenvalue weighted by Gasteiger charge is 2.13. The van der Waals surface area contributed by atoms with E-state index in [1.54, 1.807) is 54.6 Å². The summed E-state index contributed by atoms with van der Waals surface area (Å²) in [5.41, 5.74) is 3.77. The first-order valence-corrected chi connectivity index (χ1v) is 11.3. The van der Waals surface area contributed by atoms with Gasteiger partial charge in [-0.1, -0.05) is 22.0 Å². The molecule has 0 unspecified atom stereocenters. The first kappa shape index (κ1) is 26.2. The van der Waals surface area contributed by atoms with Crippen LogP contribution in [0.25, 0.3) is 0 Å². The molecule has 0 heterocycles. The fraction of sp³-hybridized carbons (Fsp3) is 0.120. The van der Waals surface area contributed by atoms with Crippen molar-refractivity contribution in [3.63, 3.8) is 0 Å². The Hall–Kier alpha value is -4.38. The molecule has 3 aromatic carbocycles. The predicted octanol–water partition coefficient (Wildman–Crippen LogP) is 3.57. The molecule has 0 aliphatic carbocycles. The van der Waals surface area contributed by atoms with Crippen LogP contribution in [0, 0.1) is 0 Å². The molecule has 3 N–H and O–H groups in total. The van der Waals surface area contributed by atoms with Crippen LogP contribution in [0.15, 0.2) is 76.3 Å². The van der Waals surface area contributed by atoms with Crippen molar-refractivity contribution in [2.24, 2.45) is 5.10 Å². The molecule has 186 valence electrons. The lowest BCUT2D eigenvalue weighted by Gasteiger charge is -2.11. The van der Waals surface area contributed by atoms with Gasteiger partial charge in [0.15, 0.2) is 18.1 Å². The van der Waals surface area contributed by atoms with Crippen LogP contribution in [0.5, 0.6) is 17.2 Å². The van der Waals surface area contributed by atoms with E-state index in [1.165, 1.54) is 20.4 Å². The monoisotopic (exact) mass is 554 g/mol. The maximum absolute atomic E-state index is 12.2. The minimum Gasteiger partial charge on any atom is -0.497 e. The molecule has 0 saturated heterocycles. The summed E-state index contributed by atoms with van der Waals surface area (Å²) in [6.45, 7) is -0.224. The van der Waals surface area contributed by atoms with Crippen molar-refractivity contribution >= 4 is 51.2 Å². The average molecular weight is 555 g/mol. The fourth-order valence-electron chi connectivity index (χ4n) is 2.86. The number of hydrogen-bond acceptors (Lipinski definition) is 7. The van der Waals surface area contributed by atoms with Gasteiger partial charge in [-0.25, -0.2) is 5.43 Å². The number of amides is 3. The van der Waals surface area contributed by atoms with Crippen molar-refractivity contribution in [2.75, 3.05) is 31.5 Å².